The number of benzene rings is 3. The first-order valence-electron chi connectivity index (χ1n) is 12.5. The third kappa shape index (κ3) is 5.63. The molecule has 41 heavy (non-hydrogen) atoms. The Kier molecular flexibility index (Phi) is 7.61. The number of nitrogens with one attached hydrogen (secondary N) is 1. The molecule has 0 saturated carbocycles. The van der Waals surface area contributed by atoms with Crippen LogP contribution in [0.25, 0.3) is 6.08 Å². The Labute approximate surface area is 250 Å². The Morgan fingerprint density at radius 1 is 1.07 bits per heavy atom. The molecule has 0 unspecified atom stereocenters. The van der Waals surface area contributed by atoms with Gasteiger partial charge in [0.25, 0.3) is 11.5 Å². The van der Waals surface area contributed by atoms with E-state index in [0.717, 1.165) is 9.37 Å². The molecule has 0 bridgehead atoms. The number of nitrogens with zero attached hydrogens (tertiary/aromatic N) is 2. The summed E-state index contributed by atoms with van der Waals surface area (Å²) < 4.78 is 22.6. The van der Waals surface area contributed by atoms with Gasteiger partial charge in [0.1, 0.15) is 11.6 Å². The van der Waals surface area contributed by atoms with Crippen LogP contribution in [0.2, 0.25) is 0 Å². The van der Waals surface area contributed by atoms with Gasteiger partial charge >= 0.3 is 0 Å². The molecule has 1 aliphatic rings. The molecular formula is C31H21BrFN3O3S2. The lowest BCUT2D eigenvalue weighted by Crippen LogP contribution is -2.40. The summed E-state index contributed by atoms with van der Waals surface area (Å²) in [6.07, 6.45) is 1.68. The Morgan fingerprint density at radius 3 is 2.46 bits per heavy atom. The fraction of sp³-hybridized carbons (Fsp3) is 0.0645. The maximum Gasteiger partial charge on any atom is 0.271 e. The monoisotopic (exact) mass is 645 g/mol. The van der Waals surface area contributed by atoms with Crippen LogP contribution in [0.5, 0.6) is 0 Å². The second kappa shape index (κ2) is 11.5. The number of furan rings is 1. The van der Waals surface area contributed by atoms with Gasteiger partial charge in [-0.25, -0.2) is 9.38 Å². The molecule has 5 aromatic rings. The number of anilines is 1. The Balaban J connectivity index is 1.43. The number of aromatic nitrogens is 1. The molecule has 3 aromatic carbocycles. The summed E-state index contributed by atoms with van der Waals surface area (Å²) in [5.41, 5.74) is 1.66. The lowest BCUT2D eigenvalue weighted by Gasteiger charge is -2.25. The third-order valence-corrected chi connectivity index (χ3v) is 9.22. The minimum Gasteiger partial charge on any atom is -0.449 e. The van der Waals surface area contributed by atoms with Crippen molar-refractivity contribution in [3.05, 3.63) is 144 Å². The van der Waals surface area contributed by atoms with Gasteiger partial charge in [-0.15, -0.1) is 0 Å². The average molecular weight is 647 g/mol. The average Bonchev–Trinajstić information content (AvgIpc) is 3.46. The molecule has 6 rings (SSSR count). The lowest BCUT2D eigenvalue weighted by atomic mass is 9.95. The van der Waals surface area contributed by atoms with E-state index in [2.05, 4.69) is 26.2 Å². The first-order chi connectivity index (χ1) is 19.9. The number of carbonyl (C=O) groups excluding carboxylic acids is 1. The van der Waals surface area contributed by atoms with Gasteiger partial charge in [-0.1, -0.05) is 71.6 Å². The van der Waals surface area contributed by atoms with E-state index in [4.69, 9.17) is 4.42 Å². The van der Waals surface area contributed by atoms with Crippen molar-refractivity contribution in [2.75, 3.05) is 5.32 Å². The molecular weight excluding hydrogens is 625 g/mol. The molecule has 2 aromatic heterocycles. The van der Waals surface area contributed by atoms with Crippen LogP contribution in [0.4, 0.5) is 10.1 Å². The number of para-hydroxylation sites is 1. The highest BCUT2D eigenvalue weighted by molar-refractivity contribution is 9.10. The van der Waals surface area contributed by atoms with Crippen LogP contribution in [-0.2, 0) is 4.79 Å². The second-order valence-corrected chi connectivity index (χ2v) is 12.1. The Hall–Kier alpha value is -3.99. The highest BCUT2D eigenvalue weighted by Gasteiger charge is 2.32. The number of allylic oxidation sites excluding steroid dienone is 1. The van der Waals surface area contributed by atoms with Gasteiger partial charge in [0, 0.05) is 16.7 Å². The minimum atomic E-state index is -0.801. The summed E-state index contributed by atoms with van der Waals surface area (Å²) >= 11 is 6.23. The van der Waals surface area contributed by atoms with Gasteiger partial charge in [-0.2, -0.15) is 0 Å². The minimum absolute atomic E-state index is 0.307. The third-order valence-electron chi connectivity index (χ3n) is 6.39. The molecule has 0 fully saturated rings. The number of rotatable bonds is 6. The van der Waals surface area contributed by atoms with Crippen LogP contribution >= 0.6 is 39.0 Å². The van der Waals surface area contributed by atoms with E-state index in [-0.39, 0.29) is 5.56 Å². The van der Waals surface area contributed by atoms with Gasteiger partial charge in [0.15, 0.2) is 9.89 Å². The summed E-state index contributed by atoms with van der Waals surface area (Å²) in [5, 5.41) is 3.57. The normalized spacial score (nSPS) is 15.0. The van der Waals surface area contributed by atoms with Crippen molar-refractivity contribution in [1.29, 1.82) is 0 Å². The van der Waals surface area contributed by atoms with Crippen molar-refractivity contribution < 1.29 is 13.6 Å². The van der Waals surface area contributed by atoms with Crippen LogP contribution in [0.1, 0.15) is 24.3 Å². The van der Waals surface area contributed by atoms with E-state index in [9.17, 15) is 14.0 Å². The number of fused-ring (bicyclic) bond motifs is 1. The number of hydrogen-bond acceptors (Lipinski definition) is 6. The van der Waals surface area contributed by atoms with Gasteiger partial charge in [-0.05, 0) is 70.9 Å². The van der Waals surface area contributed by atoms with Crippen molar-refractivity contribution in [3.63, 3.8) is 0 Å². The van der Waals surface area contributed by atoms with Gasteiger partial charge in [0.05, 0.1) is 26.3 Å². The molecule has 0 radical (unpaired) electrons. The van der Waals surface area contributed by atoms with Crippen LogP contribution in [0.15, 0.2) is 131 Å². The second-order valence-electron chi connectivity index (χ2n) is 9.15. The molecule has 10 heteroatoms. The van der Waals surface area contributed by atoms with E-state index in [1.165, 1.54) is 39.8 Å². The molecule has 0 aliphatic carbocycles. The molecule has 1 aliphatic heterocycles. The first kappa shape index (κ1) is 27.2. The summed E-state index contributed by atoms with van der Waals surface area (Å²) in [5.74, 6) is -0.306. The molecule has 1 N–H and O–H groups in total. The van der Waals surface area contributed by atoms with Crippen LogP contribution < -0.4 is 20.2 Å². The molecule has 204 valence electrons. The number of thiazole rings is 1. The van der Waals surface area contributed by atoms with Crippen molar-refractivity contribution in [2.24, 2.45) is 4.99 Å². The fourth-order valence-corrected chi connectivity index (χ4v) is 6.90. The zero-order valence-corrected chi connectivity index (χ0v) is 24.7. The van der Waals surface area contributed by atoms with E-state index in [1.807, 2.05) is 54.6 Å². The zero-order chi connectivity index (χ0) is 28.5. The van der Waals surface area contributed by atoms with Crippen molar-refractivity contribution in [1.82, 2.24) is 4.57 Å². The quantitative estimate of drug-likeness (QED) is 0.228. The molecule has 3 heterocycles. The summed E-state index contributed by atoms with van der Waals surface area (Å²) in [6, 6.07) is 25.7. The number of amides is 1. The number of carbonyl (C=O) groups is 1. The first-order valence-corrected chi connectivity index (χ1v) is 15.0. The molecule has 0 saturated heterocycles. The van der Waals surface area contributed by atoms with Gasteiger partial charge in [0.2, 0.25) is 0 Å². The predicted molar refractivity (Wildman–Crippen MR) is 162 cm³/mol. The van der Waals surface area contributed by atoms with Crippen molar-refractivity contribution >= 4 is 56.7 Å². The summed E-state index contributed by atoms with van der Waals surface area (Å²) in [4.78, 5) is 33.6. The maximum absolute atomic E-state index is 13.9. The van der Waals surface area contributed by atoms with Crippen LogP contribution in [-0.4, -0.2) is 10.5 Å². The SMILES string of the molecule is CC1=C(C(=O)Nc2ccccc2)[C@@H](c2ccc(F)cc2)n2c(s/c(=C/c3cc(Br)c(Sc4ccccc4)o3)c2=O)=N1. The van der Waals surface area contributed by atoms with Crippen LogP contribution in [0, 0.1) is 5.82 Å². The van der Waals surface area contributed by atoms with Crippen molar-refractivity contribution in [2.45, 2.75) is 23.0 Å². The summed E-state index contributed by atoms with van der Waals surface area (Å²) in [7, 11) is 0. The summed E-state index contributed by atoms with van der Waals surface area (Å²) in [6.45, 7) is 1.74. The largest absolute Gasteiger partial charge is 0.449 e. The number of hydrogen-bond donors (Lipinski definition) is 1. The Bertz CT molecular complexity index is 1960. The molecule has 0 spiro atoms. The van der Waals surface area contributed by atoms with E-state index < -0.39 is 17.8 Å². The topological polar surface area (TPSA) is 76.6 Å². The molecule has 1 atom stereocenters. The fourth-order valence-electron chi connectivity index (χ4n) is 4.53. The zero-order valence-electron chi connectivity index (χ0n) is 21.5. The predicted octanol–water partition coefficient (Wildman–Crippen LogP) is 6.52. The highest BCUT2D eigenvalue weighted by Crippen LogP contribution is 2.36. The van der Waals surface area contributed by atoms with E-state index in [1.54, 1.807) is 37.3 Å². The standard InChI is InChI=1S/C31H21BrFN3O3S2/c1-18-26(28(37)35-21-8-4-2-5-9-21)27(19-12-14-20(33)15-13-19)36-29(38)25(41-31(36)34-18)17-22-16-24(32)30(39-22)40-23-10-6-3-7-11-23/h2-17,27H,1H3,(H,35,37)/b25-17+/t27-/m1/s1. The highest BCUT2D eigenvalue weighted by atomic mass is 79.9. The van der Waals surface area contributed by atoms with Gasteiger partial charge < -0.3 is 9.73 Å². The van der Waals surface area contributed by atoms with E-state index in [0.29, 0.717) is 42.7 Å². The van der Waals surface area contributed by atoms with Crippen LogP contribution in [0.3, 0.4) is 0 Å². The van der Waals surface area contributed by atoms with E-state index >= 15 is 0 Å². The van der Waals surface area contributed by atoms with Gasteiger partial charge in [-0.3, -0.25) is 14.2 Å². The molecule has 1 amide bonds. The number of halogens is 2. The molecule has 6 nitrogen and oxygen atoms in total. The maximum atomic E-state index is 13.9. The van der Waals surface area contributed by atoms with Crippen molar-refractivity contribution in [3.8, 4) is 0 Å². The Morgan fingerprint density at radius 2 is 1.76 bits per heavy atom. The smallest absolute Gasteiger partial charge is 0.271 e. The lowest BCUT2D eigenvalue weighted by molar-refractivity contribution is -0.113.